The van der Waals surface area contributed by atoms with E-state index < -0.39 is 0 Å². The Balaban J connectivity index is 2.79. The average molecular weight is 179 g/mol. The third kappa shape index (κ3) is 1.27. The summed E-state index contributed by atoms with van der Waals surface area (Å²) in [6, 6.07) is 16.0. The highest BCUT2D eigenvalue weighted by molar-refractivity contribution is 5.96. The molecule has 0 radical (unpaired) electrons. The molecule has 0 amide bonds. The Labute approximate surface area is 82.9 Å². The van der Waals surface area contributed by atoms with Crippen LogP contribution in [0.25, 0.3) is 16.3 Å². The molecule has 0 heterocycles. The van der Waals surface area contributed by atoms with Crippen molar-refractivity contribution in [1.82, 2.24) is 0 Å². The molecule has 0 aliphatic carbocycles. The van der Waals surface area contributed by atoms with Crippen LogP contribution in [0.4, 0.5) is 0 Å². The molecule has 0 saturated heterocycles. The Bertz CT molecular complexity index is 527. The van der Waals surface area contributed by atoms with Crippen LogP contribution in [-0.2, 0) is 0 Å². The number of rotatable bonds is 1. The second kappa shape index (κ2) is 3.35. The summed E-state index contributed by atoms with van der Waals surface area (Å²) in [7, 11) is 0. The fourth-order valence-electron chi connectivity index (χ4n) is 1.55. The van der Waals surface area contributed by atoms with Gasteiger partial charge < -0.3 is 0 Å². The monoisotopic (exact) mass is 179 g/mol. The third-order valence-electron chi connectivity index (χ3n) is 2.25. The Kier molecular flexibility index (Phi) is 2.04. The molecule has 0 bridgehead atoms. The van der Waals surface area contributed by atoms with Gasteiger partial charge in [0.1, 0.15) is 0 Å². The molecule has 0 aromatic heterocycles. The molecule has 0 spiro atoms. The Morgan fingerprint density at radius 3 is 2.57 bits per heavy atom. The lowest BCUT2D eigenvalue weighted by Crippen LogP contribution is -1.82. The predicted molar refractivity (Wildman–Crippen MR) is 58.6 cm³/mol. The van der Waals surface area contributed by atoms with Crippen LogP contribution in [-0.4, -0.2) is 0 Å². The van der Waals surface area contributed by atoms with Gasteiger partial charge in [0.25, 0.3) is 0 Å². The highest BCUT2D eigenvalue weighted by Crippen LogP contribution is 2.23. The molecule has 0 fully saturated rings. The molecule has 0 unspecified atom stereocenters. The maximum Gasteiger partial charge on any atom is 0.0991 e. The molecular weight excluding hydrogens is 170 g/mol. The van der Waals surface area contributed by atoms with Gasteiger partial charge in [-0.1, -0.05) is 49.0 Å². The largest absolute Gasteiger partial charge is 0.192 e. The minimum absolute atomic E-state index is 0.516. The van der Waals surface area contributed by atoms with Crippen molar-refractivity contribution in [3.05, 3.63) is 54.6 Å². The van der Waals surface area contributed by atoms with Crippen LogP contribution in [0.2, 0.25) is 0 Å². The SMILES string of the molecule is C=C(C#N)c1cccc2ccccc12. The third-order valence-corrected chi connectivity index (χ3v) is 2.25. The van der Waals surface area contributed by atoms with Crippen LogP contribution >= 0.6 is 0 Å². The lowest BCUT2D eigenvalue weighted by atomic mass is 10.0. The van der Waals surface area contributed by atoms with E-state index in [-0.39, 0.29) is 0 Å². The summed E-state index contributed by atoms with van der Waals surface area (Å²) in [5, 5.41) is 11.0. The second-order valence-corrected chi connectivity index (χ2v) is 3.12. The van der Waals surface area contributed by atoms with E-state index in [9.17, 15) is 0 Å². The number of nitrogens with zero attached hydrogens (tertiary/aromatic N) is 1. The number of hydrogen-bond acceptors (Lipinski definition) is 1. The molecule has 0 saturated carbocycles. The number of fused-ring (bicyclic) bond motifs is 1. The smallest absolute Gasteiger partial charge is 0.0991 e. The first-order valence-electron chi connectivity index (χ1n) is 4.40. The van der Waals surface area contributed by atoms with Crippen molar-refractivity contribution in [2.75, 3.05) is 0 Å². The first-order valence-corrected chi connectivity index (χ1v) is 4.40. The lowest BCUT2D eigenvalue weighted by molar-refractivity contribution is 1.53. The number of nitriles is 1. The normalized spacial score (nSPS) is 9.64. The Hall–Kier alpha value is -2.07. The van der Waals surface area contributed by atoms with Crippen LogP contribution < -0.4 is 0 Å². The van der Waals surface area contributed by atoms with E-state index in [0.717, 1.165) is 16.3 Å². The summed E-state index contributed by atoms with van der Waals surface area (Å²) in [5.41, 5.74) is 1.44. The van der Waals surface area contributed by atoms with Crippen molar-refractivity contribution in [3.63, 3.8) is 0 Å². The Morgan fingerprint density at radius 1 is 1.07 bits per heavy atom. The van der Waals surface area contributed by atoms with Gasteiger partial charge in [-0.3, -0.25) is 0 Å². The van der Waals surface area contributed by atoms with E-state index in [1.54, 1.807) is 0 Å². The van der Waals surface area contributed by atoms with Gasteiger partial charge in [0.05, 0.1) is 11.6 Å². The zero-order valence-corrected chi connectivity index (χ0v) is 7.70. The van der Waals surface area contributed by atoms with E-state index in [1.807, 2.05) is 42.5 Å². The van der Waals surface area contributed by atoms with Gasteiger partial charge in [0.15, 0.2) is 0 Å². The quantitative estimate of drug-likeness (QED) is 0.615. The highest BCUT2D eigenvalue weighted by atomic mass is 14.2. The van der Waals surface area contributed by atoms with Crippen LogP contribution in [0.15, 0.2) is 49.0 Å². The first kappa shape index (κ1) is 8.52. The average Bonchev–Trinajstić information content (AvgIpc) is 2.27. The maximum absolute atomic E-state index is 8.80. The summed E-state index contributed by atoms with van der Waals surface area (Å²) in [6.45, 7) is 3.73. The van der Waals surface area contributed by atoms with E-state index in [0.29, 0.717) is 5.57 Å². The zero-order valence-electron chi connectivity index (χ0n) is 7.70. The molecule has 1 heteroatoms. The molecule has 2 rings (SSSR count). The van der Waals surface area contributed by atoms with Crippen molar-refractivity contribution in [2.24, 2.45) is 0 Å². The van der Waals surface area contributed by atoms with Crippen molar-refractivity contribution >= 4 is 16.3 Å². The molecule has 66 valence electrons. The standard InChI is InChI=1S/C13H9N/c1-10(9-14)12-8-4-6-11-5-2-3-7-13(11)12/h2-8H,1H2. The fraction of sp³-hybridized carbons (Fsp3) is 0. The van der Waals surface area contributed by atoms with Crippen LogP contribution in [0.1, 0.15) is 5.56 Å². The molecule has 0 aliphatic rings. The van der Waals surface area contributed by atoms with Gasteiger partial charge in [0, 0.05) is 0 Å². The minimum Gasteiger partial charge on any atom is -0.192 e. The molecule has 0 aliphatic heterocycles. The molecule has 0 atom stereocenters. The van der Waals surface area contributed by atoms with Gasteiger partial charge in [-0.25, -0.2) is 0 Å². The van der Waals surface area contributed by atoms with E-state index in [2.05, 4.69) is 12.6 Å². The number of hydrogen-bond donors (Lipinski definition) is 0. The van der Waals surface area contributed by atoms with E-state index >= 15 is 0 Å². The summed E-state index contributed by atoms with van der Waals surface area (Å²) < 4.78 is 0. The maximum atomic E-state index is 8.80. The van der Waals surface area contributed by atoms with Gasteiger partial charge in [-0.05, 0) is 16.3 Å². The molecule has 1 nitrogen and oxygen atoms in total. The van der Waals surface area contributed by atoms with Gasteiger partial charge in [-0.15, -0.1) is 0 Å². The number of allylic oxidation sites excluding steroid dienone is 1. The summed E-state index contributed by atoms with van der Waals surface area (Å²) in [4.78, 5) is 0. The van der Waals surface area contributed by atoms with Crippen LogP contribution in [0.5, 0.6) is 0 Å². The van der Waals surface area contributed by atoms with Crippen LogP contribution in [0.3, 0.4) is 0 Å². The molecule has 2 aromatic carbocycles. The van der Waals surface area contributed by atoms with Crippen molar-refractivity contribution in [1.29, 1.82) is 5.26 Å². The first-order chi connectivity index (χ1) is 6.83. The van der Waals surface area contributed by atoms with Crippen molar-refractivity contribution < 1.29 is 0 Å². The van der Waals surface area contributed by atoms with Gasteiger partial charge in [0.2, 0.25) is 0 Å². The van der Waals surface area contributed by atoms with Crippen molar-refractivity contribution in [3.8, 4) is 6.07 Å². The molecule has 14 heavy (non-hydrogen) atoms. The zero-order chi connectivity index (χ0) is 9.97. The fourth-order valence-corrected chi connectivity index (χ4v) is 1.55. The summed E-state index contributed by atoms with van der Waals surface area (Å²) >= 11 is 0. The molecule has 2 aromatic rings. The minimum atomic E-state index is 0.516. The predicted octanol–water partition coefficient (Wildman–Crippen LogP) is 3.38. The molecular formula is C13H9N. The second-order valence-electron chi connectivity index (χ2n) is 3.12. The van der Waals surface area contributed by atoms with E-state index in [1.165, 1.54) is 0 Å². The van der Waals surface area contributed by atoms with Gasteiger partial charge in [-0.2, -0.15) is 5.26 Å². The molecule has 0 N–H and O–H groups in total. The lowest BCUT2D eigenvalue weighted by Gasteiger charge is -2.03. The van der Waals surface area contributed by atoms with Crippen LogP contribution in [0, 0.1) is 11.3 Å². The van der Waals surface area contributed by atoms with Gasteiger partial charge >= 0.3 is 0 Å². The highest BCUT2D eigenvalue weighted by Gasteiger charge is 2.02. The Morgan fingerprint density at radius 2 is 1.79 bits per heavy atom. The van der Waals surface area contributed by atoms with Crippen molar-refractivity contribution in [2.45, 2.75) is 0 Å². The summed E-state index contributed by atoms with van der Waals surface area (Å²) in [5.74, 6) is 0. The number of benzene rings is 2. The topological polar surface area (TPSA) is 23.8 Å². The summed E-state index contributed by atoms with van der Waals surface area (Å²) in [6.07, 6.45) is 0. The van der Waals surface area contributed by atoms with E-state index in [4.69, 9.17) is 5.26 Å².